The molecule has 4 rings (SSSR count). The van der Waals surface area contributed by atoms with Crippen LogP contribution in [-0.4, -0.2) is 36.5 Å². The van der Waals surface area contributed by atoms with Crippen LogP contribution in [0.2, 0.25) is 5.02 Å². The molecule has 3 aromatic carbocycles. The van der Waals surface area contributed by atoms with E-state index in [2.05, 4.69) is 21.2 Å². The van der Waals surface area contributed by atoms with E-state index < -0.39 is 0 Å². The van der Waals surface area contributed by atoms with E-state index in [-0.39, 0.29) is 18.4 Å². The molecule has 0 unspecified atom stereocenters. The highest BCUT2D eigenvalue weighted by Crippen LogP contribution is 2.40. The van der Waals surface area contributed by atoms with Gasteiger partial charge in [0, 0.05) is 0 Å². The minimum atomic E-state index is -0.380. The van der Waals surface area contributed by atoms with Gasteiger partial charge in [-0.1, -0.05) is 47.7 Å². The van der Waals surface area contributed by atoms with E-state index in [1.807, 2.05) is 6.92 Å². The van der Waals surface area contributed by atoms with Gasteiger partial charge in [-0.05, 0) is 83.0 Å². The number of thiocarbonyl (C=S) groups is 1. The normalized spacial score (nSPS) is 14.1. The van der Waals surface area contributed by atoms with Gasteiger partial charge in [0.1, 0.15) is 5.75 Å². The van der Waals surface area contributed by atoms with Gasteiger partial charge in [-0.2, -0.15) is 0 Å². The van der Waals surface area contributed by atoms with Crippen molar-refractivity contribution in [3.63, 3.8) is 0 Å². The van der Waals surface area contributed by atoms with Crippen LogP contribution in [0.3, 0.4) is 0 Å². The standard InChI is InChI=1S/C27H22BrClN2O5S2/c1-3-35-18-10-8-17(9-11-18)31-26(33)23(38-27(31)37)14-16-12-19(28)25(22(13-16)34-2)36-15-24(32)30-21-7-5-4-6-20(21)29/h4-14H,3,15H2,1-2H3,(H,30,32)/b23-14-. The van der Waals surface area contributed by atoms with Gasteiger partial charge in [-0.3, -0.25) is 14.5 Å². The van der Waals surface area contributed by atoms with Crippen LogP contribution in [0.25, 0.3) is 6.08 Å². The van der Waals surface area contributed by atoms with Gasteiger partial charge >= 0.3 is 0 Å². The fraction of sp³-hybridized carbons (Fsp3) is 0.148. The summed E-state index contributed by atoms with van der Waals surface area (Å²) in [5, 5.41) is 3.14. The van der Waals surface area contributed by atoms with Gasteiger partial charge in [0.05, 0.1) is 39.5 Å². The number of thioether (sulfide) groups is 1. The molecule has 1 heterocycles. The number of methoxy groups -OCH3 is 1. The zero-order valence-electron chi connectivity index (χ0n) is 20.3. The monoisotopic (exact) mass is 632 g/mol. The number of nitrogens with zero attached hydrogens (tertiary/aromatic N) is 1. The zero-order valence-corrected chi connectivity index (χ0v) is 24.3. The van der Waals surface area contributed by atoms with Crippen LogP contribution in [0, 0.1) is 0 Å². The van der Waals surface area contributed by atoms with Gasteiger partial charge in [0.25, 0.3) is 11.8 Å². The number of halogens is 2. The molecule has 1 aliphatic heterocycles. The van der Waals surface area contributed by atoms with Crippen molar-refractivity contribution in [3.05, 3.63) is 80.6 Å². The number of nitrogens with one attached hydrogen (secondary N) is 1. The molecule has 0 saturated carbocycles. The molecule has 0 spiro atoms. The van der Waals surface area contributed by atoms with E-state index >= 15 is 0 Å². The van der Waals surface area contributed by atoms with Crippen LogP contribution in [-0.2, 0) is 9.59 Å². The van der Waals surface area contributed by atoms with Gasteiger partial charge in [-0.15, -0.1) is 0 Å². The smallest absolute Gasteiger partial charge is 0.270 e. The highest BCUT2D eigenvalue weighted by atomic mass is 79.9. The van der Waals surface area contributed by atoms with Crippen molar-refractivity contribution in [1.29, 1.82) is 0 Å². The van der Waals surface area contributed by atoms with Crippen molar-refractivity contribution >= 4 is 85.1 Å². The molecule has 1 N–H and O–H groups in total. The van der Waals surface area contributed by atoms with Crippen LogP contribution in [0.4, 0.5) is 11.4 Å². The summed E-state index contributed by atoms with van der Waals surface area (Å²) in [6.07, 6.45) is 1.73. The first kappa shape index (κ1) is 28.0. The maximum Gasteiger partial charge on any atom is 0.270 e. The van der Waals surface area contributed by atoms with Gasteiger partial charge in [0.2, 0.25) is 0 Å². The van der Waals surface area contributed by atoms with Crippen molar-refractivity contribution < 1.29 is 23.8 Å². The highest BCUT2D eigenvalue weighted by molar-refractivity contribution is 9.10. The fourth-order valence-corrected chi connectivity index (χ4v) is 5.61. The molecule has 0 aromatic heterocycles. The lowest BCUT2D eigenvalue weighted by atomic mass is 10.1. The second kappa shape index (κ2) is 12.7. The number of benzene rings is 3. The Morgan fingerprint density at radius 1 is 1.16 bits per heavy atom. The van der Waals surface area contributed by atoms with E-state index in [1.165, 1.54) is 23.8 Å². The number of ether oxygens (including phenoxy) is 3. The van der Waals surface area contributed by atoms with Crippen molar-refractivity contribution in [3.8, 4) is 17.2 Å². The third-order valence-corrected chi connectivity index (χ3v) is 7.47. The first-order valence-electron chi connectivity index (χ1n) is 11.4. The third kappa shape index (κ3) is 6.50. The lowest BCUT2D eigenvalue weighted by Crippen LogP contribution is -2.27. The summed E-state index contributed by atoms with van der Waals surface area (Å²) in [6.45, 7) is 2.20. The molecule has 0 bridgehead atoms. The second-order valence-corrected chi connectivity index (χ2v) is 10.7. The molecule has 196 valence electrons. The lowest BCUT2D eigenvalue weighted by Gasteiger charge is -2.15. The fourth-order valence-electron chi connectivity index (χ4n) is 3.55. The summed E-state index contributed by atoms with van der Waals surface area (Å²) in [5.74, 6) is 0.849. The Balaban J connectivity index is 1.49. The van der Waals surface area contributed by atoms with Crippen LogP contribution in [0.5, 0.6) is 17.2 Å². The summed E-state index contributed by atoms with van der Waals surface area (Å²) >= 11 is 16.3. The predicted octanol–water partition coefficient (Wildman–Crippen LogP) is 6.93. The van der Waals surface area contributed by atoms with E-state index in [0.29, 0.717) is 53.8 Å². The number of carbonyl (C=O) groups excluding carboxylic acids is 2. The van der Waals surface area contributed by atoms with E-state index in [4.69, 9.17) is 38.0 Å². The van der Waals surface area contributed by atoms with Gasteiger partial charge in [0.15, 0.2) is 22.4 Å². The third-order valence-electron chi connectivity index (χ3n) is 5.24. The number of anilines is 2. The Labute approximate surface area is 243 Å². The van der Waals surface area contributed by atoms with Crippen LogP contribution in [0.15, 0.2) is 70.0 Å². The topological polar surface area (TPSA) is 77.1 Å². The molecule has 0 atom stereocenters. The molecule has 1 aliphatic rings. The number of amides is 2. The van der Waals surface area contributed by atoms with Crippen LogP contribution >= 0.6 is 51.5 Å². The van der Waals surface area contributed by atoms with Crippen LogP contribution < -0.4 is 24.4 Å². The number of rotatable bonds is 9. The average molecular weight is 634 g/mol. The molecule has 7 nitrogen and oxygen atoms in total. The quantitative estimate of drug-likeness (QED) is 0.202. The van der Waals surface area contributed by atoms with E-state index in [9.17, 15) is 9.59 Å². The molecular weight excluding hydrogens is 612 g/mol. The lowest BCUT2D eigenvalue weighted by molar-refractivity contribution is -0.118. The maximum atomic E-state index is 13.2. The van der Waals surface area contributed by atoms with Crippen molar-refractivity contribution in [1.82, 2.24) is 0 Å². The Kier molecular flexibility index (Phi) is 9.32. The van der Waals surface area contributed by atoms with Crippen molar-refractivity contribution in [2.75, 3.05) is 30.5 Å². The Morgan fingerprint density at radius 2 is 1.89 bits per heavy atom. The second-order valence-electron chi connectivity index (χ2n) is 7.79. The molecule has 11 heteroatoms. The van der Waals surface area contributed by atoms with Crippen molar-refractivity contribution in [2.45, 2.75) is 6.92 Å². The van der Waals surface area contributed by atoms with Gasteiger partial charge < -0.3 is 19.5 Å². The number of carbonyl (C=O) groups is 2. The summed E-state index contributed by atoms with van der Waals surface area (Å²) in [7, 11) is 1.49. The highest BCUT2D eigenvalue weighted by Gasteiger charge is 2.33. The SMILES string of the molecule is CCOc1ccc(N2C(=O)/C(=C/c3cc(Br)c(OCC(=O)Nc4ccccc4Cl)c(OC)c3)SC2=S)cc1. The maximum absolute atomic E-state index is 13.2. The first-order chi connectivity index (χ1) is 18.3. The summed E-state index contributed by atoms with van der Waals surface area (Å²) in [5.41, 5.74) is 1.84. The largest absolute Gasteiger partial charge is 0.494 e. The number of para-hydroxylation sites is 1. The molecule has 3 aromatic rings. The number of hydrogen-bond acceptors (Lipinski definition) is 7. The van der Waals surface area contributed by atoms with E-state index in [0.717, 1.165) is 5.75 Å². The summed E-state index contributed by atoms with van der Waals surface area (Å²) in [4.78, 5) is 27.5. The average Bonchev–Trinajstić information content (AvgIpc) is 3.17. The molecule has 0 radical (unpaired) electrons. The summed E-state index contributed by atoms with van der Waals surface area (Å²) in [6, 6.07) is 17.6. The molecular formula is C27H22BrClN2O5S2. The van der Waals surface area contributed by atoms with Crippen molar-refractivity contribution in [2.24, 2.45) is 0 Å². The molecule has 1 fully saturated rings. The summed E-state index contributed by atoms with van der Waals surface area (Å²) < 4.78 is 17.7. The Morgan fingerprint density at radius 3 is 2.58 bits per heavy atom. The molecule has 2 amide bonds. The first-order valence-corrected chi connectivity index (χ1v) is 13.8. The van der Waals surface area contributed by atoms with E-state index in [1.54, 1.807) is 66.7 Å². The molecule has 1 saturated heterocycles. The minimum Gasteiger partial charge on any atom is -0.494 e. The number of hydrogen-bond donors (Lipinski definition) is 1. The Bertz CT molecular complexity index is 1420. The van der Waals surface area contributed by atoms with Crippen LogP contribution in [0.1, 0.15) is 12.5 Å². The van der Waals surface area contributed by atoms with Gasteiger partial charge in [-0.25, -0.2) is 0 Å². The zero-order chi connectivity index (χ0) is 27.2. The molecule has 38 heavy (non-hydrogen) atoms. The Hall–Kier alpha value is -3.05. The molecule has 0 aliphatic carbocycles. The minimum absolute atomic E-state index is 0.226. The predicted molar refractivity (Wildman–Crippen MR) is 160 cm³/mol.